The van der Waals surface area contributed by atoms with E-state index in [2.05, 4.69) is 26.3 Å². The van der Waals surface area contributed by atoms with E-state index in [0.717, 1.165) is 11.1 Å². The molecule has 0 bridgehead atoms. The van der Waals surface area contributed by atoms with Gasteiger partial charge < -0.3 is 10.2 Å². The molecule has 19 heavy (non-hydrogen) atoms. The van der Waals surface area contributed by atoms with Crippen LogP contribution in [0.25, 0.3) is 0 Å². The minimum atomic E-state index is 0.125. The number of halogens is 2. The van der Waals surface area contributed by atoms with E-state index in [4.69, 9.17) is 10.2 Å². The molecule has 0 aliphatic heterocycles. The van der Waals surface area contributed by atoms with Crippen molar-refractivity contribution in [2.45, 2.75) is 13.2 Å². The van der Waals surface area contributed by atoms with Crippen LogP contribution in [0.4, 0.5) is 0 Å². The standard InChI is InChI=1S/2C7H8O.2BrH.Ti/c2*8-6-7-4-2-1-3-5-7;;;/h2*1-5,8H,6H2;2*1H;/q;;;;+2/p-2. The Hall–Kier alpha value is 0.0343. The maximum atomic E-state index is 8.54. The Morgan fingerprint density at radius 3 is 1.11 bits per heavy atom. The van der Waals surface area contributed by atoms with Crippen LogP contribution in [0.3, 0.4) is 0 Å². The zero-order valence-corrected chi connectivity index (χ0v) is 15.1. The van der Waals surface area contributed by atoms with Crippen molar-refractivity contribution in [1.82, 2.24) is 0 Å². The second-order valence-electron chi connectivity index (χ2n) is 3.36. The van der Waals surface area contributed by atoms with Crippen molar-refractivity contribution >= 4 is 26.3 Å². The molecular formula is C14H16Br2O2Ti. The van der Waals surface area contributed by atoms with E-state index in [1.807, 2.05) is 60.7 Å². The molecule has 0 spiro atoms. The van der Waals surface area contributed by atoms with E-state index in [-0.39, 0.29) is 28.2 Å². The summed E-state index contributed by atoms with van der Waals surface area (Å²) in [5.74, 6) is 0. The summed E-state index contributed by atoms with van der Waals surface area (Å²) in [6, 6.07) is 19.0. The van der Waals surface area contributed by atoms with Crippen molar-refractivity contribution in [1.29, 1.82) is 0 Å². The van der Waals surface area contributed by atoms with Crippen molar-refractivity contribution in [2.24, 2.45) is 0 Å². The summed E-state index contributed by atoms with van der Waals surface area (Å²) < 4.78 is 0. The molecule has 0 unspecified atom stereocenters. The van der Waals surface area contributed by atoms with Gasteiger partial charge in [-0.1, -0.05) is 60.7 Å². The third-order valence-corrected chi connectivity index (χ3v) is 2.05. The van der Waals surface area contributed by atoms with Gasteiger partial charge in [0.15, 0.2) is 0 Å². The SMILES string of the molecule is OCc1ccccc1.OCc1ccccc1.[Br][Ti][Br]. The minimum absolute atomic E-state index is 0.125. The van der Waals surface area contributed by atoms with Gasteiger partial charge in [-0.2, -0.15) is 0 Å². The molecule has 0 atom stereocenters. The van der Waals surface area contributed by atoms with E-state index in [1.54, 1.807) is 0 Å². The molecule has 2 rings (SSSR count). The molecule has 0 heterocycles. The van der Waals surface area contributed by atoms with Crippen molar-refractivity contribution in [3.8, 4) is 0 Å². The van der Waals surface area contributed by atoms with Gasteiger partial charge in [-0.25, -0.2) is 0 Å². The molecule has 2 aromatic carbocycles. The Kier molecular flexibility index (Phi) is 14.5. The van der Waals surface area contributed by atoms with Gasteiger partial charge in [0.05, 0.1) is 13.2 Å². The van der Waals surface area contributed by atoms with Crippen LogP contribution in [-0.2, 0) is 28.2 Å². The molecule has 2 aromatic rings. The molecule has 0 aliphatic rings. The zero-order valence-electron chi connectivity index (χ0n) is 10.3. The van der Waals surface area contributed by atoms with E-state index in [9.17, 15) is 0 Å². The van der Waals surface area contributed by atoms with Crippen LogP contribution < -0.4 is 0 Å². The van der Waals surface area contributed by atoms with Gasteiger partial charge in [0, 0.05) is 0 Å². The van der Waals surface area contributed by atoms with Gasteiger partial charge in [-0.05, 0) is 11.1 Å². The quantitative estimate of drug-likeness (QED) is 0.715. The molecule has 0 saturated heterocycles. The Labute approximate surface area is 135 Å². The summed E-state index contributed by atoms with van der Waals surface area (Å²) in [4.78, 5) is 0. The summed E-state index contributed by atoms with van der Waals surface area (Å²) in [6.07, 6.45) is 0. The van der Waals surface area contributed by atoms with E-state index >= 15 is 0 Å². The second kappa shape index (κ2) is 14.4. The first-order chi connectivity index (χ1) is 9.28. The number of rotatable bonds is 2. The summed E-state index contributed by atoms with van der Waals surface area (Å²) in [7, 11) is 0. The van der Waals surface area contributed by atoms with E-state index < -0.39 is 0 Å². The molecule has 102 valence electrons. The number of hydrogen-bond acceptors (Lipinski definition) is 2. The van der Waals surface area contributed by atoms with Crippen LogP contribution in [-0.4, -0.2) is 10.2 Å². The predicted molar refractivity (Wildman–Crippen MR) is 82.6 cm³/mol. The average Bonchev–Trinajstić information content (AvgIpc) is 2.50. The summed E-state index contributed by atoms with van der Waals surface area (Å²) in [5, 5.41) is 17.1. The predicted octanol–water partition coefficient (Wildman–Crippen LogP) is 4.05. The number of hydrogen-bond donors (Lipinski definition) is 2. The monoisotopic (exact) mass is 422 g/mol. The first kappa shape index (κ1) is 19.0. The molecular weight excluding hydrogens is 408 g/mol. The molecule has 0 fully saturated rings. The third kappa shape index (κ3) is 11.6. The van der Waals surface area contributed by atoms with Crippen molar-refractivity contribution in [3.63, 3.8) is 0 Å². The molecule has 0 radical (unpaired) electrons. The van der Waals surface area contributed by atoms with Crippen LogP contribution in [0.15, 0.2) is 60.7 Å². The summed E-state index contributed by atoms with van der Waals surface area (Å²) in [6.45, 7) is 0.279. The van der Waals surface area contributed by atoms with Crippen molar-refractivity contribution in [3.05, 3.63) is 71.8 Å². The van der Waals surface area contributed by atoms with Gasteiger partial charge in [-0.15, -0.1) is 0 Å². The third-order valence-electron chi connectivity index (χ3n) is 2.05. The summed E-state index contributed by atoms with van der Waals surface area (Å²) in [5.41, 5.74) is 1.93. The van der Waals surface area contributed by atoms with Gasteiger partial charge >= 0.3 is 41.3 Å². The molecule has 0 aromatic heterocycles. The van der Waals surface area contributed by atoms with E-state index in [0.29, 0.717) is 0 Å². The molecule has 5 heteroatoms. The topological polar surface area (TPSA) is 40.5 Å². The van der Waals surface area contributed by atoms with Gasteiger partial charge in [0.25, 0.3) is 0 Å². The first-order valence-corrected chi connectivity index (χ1v) is 13.3. The maximum absolute atomic E-state index is 8.54. The molecule has 0 saturated carbocycles. The number of aliphatic hydroxyl groups excluding tert-OH is 2. The van der Waals surface area contributed by atoms with Gasteiger partial charge in [0.1, 0.15) is 0 Å². The van der Waals surface area contributed by atoms with Crippen LogP contribution in [0, 0.1) is 0 Å². The number of aliphatic hydroxyl groups is 2. The molecule has 0 aliphatic carbocycles. The average molecular weight is 424 g/mol. The molecule has 0 amide bonds. The molecule has 2 N–H and O–H groups in total. The van der Waals surface area contributed by atoms with Crippen LogP contribution in [0.5, 0.6) is 0 Å². The van der Waals surface area contributed by atoms with Gasteiger partial charge in [-0.3, -0.25) is 0 Å². The van der Waals surface area contributed by atoms with Crippen molar-refractivity contribution < 1.29 is 25.2 Å². The van der Waals surface area contributed by atoms with Gasteiger partial charge in [0.2, 0.25) is 0 Å². The fourth-order valence-corrected chi connectivity index (χ4v) is 1.17. The summed E-state index contributed by atoms with van der Waals surface area (Å²) >= 11 is 6.50. The Balaban J connectivity index is 0.000000284. The zero-order chi connectivity index (χ0) is 14.3. The van der Waals surface area contributed by atoms with Crippen LogP contribution in [0.1, 0.15) is 11.1 Å². The first-order valence-electron chi connectivity index (χ1n) is 5.54. The fraction of sp³-hybridized carbons (Fsp3) is 0.143. The Morgan fingerprint density at radius 2 is 0.947 bits per heavy atom. The van der Waals surface area contributed by atoms with Crippen LogP contribution >= 0.6 is 26.3 Å². The fourth-order valence-electron chi connectivity index (χ4n) is 1.17. The second-order valence-corrected chi connectivity index (χ2v) is 11.2. The van der Waals surface area contributed by atoms with Crippen molar-refractivity contribution in [2.75, 3.05) is 0 Å². The van der Waals surface area contributed by atoms with Crippen LogP contribution in [0.2, 0.25) is 0 Å². The normalized spacial score (nSPS) is 8.42. The molecule has 2 nitrogen and oxygen atoms in total. The Morgan fingerprint density at radius 1 is 0.684 bits per heavy atom. The Bertz CT molecular complexity index is 359. The van der Waals surface area contributed by atoms with E-state index in [1.165, 1.54) is 0 Å². The number of benzene rings is 2.